The minimum Gasteiger partial charge on any atom is -0.288 e. The molecule has 130 valence electrons. The molecule has 4 aromatic rings. The smallest absolute Gasteiger partial charge is 0.153 e. The maximum Gasteiger partial charge on any atom is 0.153 e. The second-order valence-electron chi connectivity index (χ2n) is 6.11. The largest absolute Gasteiger partial charge is 0.288 e. The highest BCUT2D eigenvalue weighted by atomic mass is 19.1. The lowest BCUT2D eigenvalue weighted by molar-refractivity contribution is 0.614. The summed E-state index contributed by atoms with van der Waals surface area (Å²) >= 11 is 0. The Morgan fingerprint density at radius 1 is 1.19 bits per heavy atom. The summed E-state index contributed by atoms with van der Waals surface area (Å²) < 4.78 is 16.3. The molecule has 0 aliphatic heterocycles. The lowest BCUT2D eigenvalue weighted by atomic mass is 10.1. The van der Waals surface area contributed by atoms with Gasteiger partial charge in [-0.25, -0.2) is 13.9 Å². The predicted octanol–water partition coefficient (Wildman–Crippen LogP) is 3.84. The standard InChI is InChI=1S/C20H18FN5/c1-3-22-13(2)18-6-7-20-24-12-16(26(20)25-18)10-15-9-14-5-4-8-23-19(14)11-17(15)21/h4-9,11-12H,3,10H2,1-2H3. The number of hydrogen-bond donors (Lipinski definition) is 0. The number of pyridine rings is 1. The van der Waals surface area contributed by atoms with E-state index in [0.29, 0.717) is 24.0 Å². The Morgan fingerprint density at radius 3 is 2.92 bits per heavy atom. The molecule has 0 spiro atoms. The van der Waals surface area contributed by atoms with E-state index in [1.54, 1.807) is 16.9 Å². The summed E-state index contributed by atoms with van der Waals surface area (Å²) in [6.07, 6.45) is 3.81. The van der Waals surface area contributed by atoms with Crippen molar-refractivity contribution in [3.8, 4) is 0 Å². The lowest BCUT2D eigenvalue weighted by Gasteiger charge is -2.07. The van der Waals surface area contributed by atoms with Crippen LogP contribution in [0.15, 0.2) is 53.8 Å². The Kier molecular flexibility index (Phi) is 4.16. The van der Waals surface area contributed by atoms with Gasteiger partial charge in [0.1, 0.15) is 11.5 Å². The summed E-state index contributed by atoms with van der Waals surface area (Å²) in [6, 6.07) is 10.9. The Morgan fingerprint density at radius 2 is 2.08 bits per heavy atom. The monoisotopic (exact) mass is 347 g/mol. The van der Waals surface area contributed by atoms with Gasteiger partial charge in [0.25, 0.3) is 0 Å². The molecule has 0 saturated carbocycles. The van der Waals surface area contributed by atoms with Gasteiger partial charge in [0.15, 0.2) is 5.65 Å². The number of halogens is 1. The topological polar surface area (TPSA) is 55.4 Å². The van der Waals surface area contributed by atoms with Crippen molar-refractivity contribution in [2.75, 3.05) is 6.54 Å². The number of aromatic nitrogens is 4. The second kappa shape index (κ2) is 6.63. The van der Waals surface area contributed by atoms with Gasteiger partial charge < -0.3 is 0 Å². The van der Waals surface area contributed by atoms with Crippen molar-refractivity contribution in [3.63, 3.8) is 0 Å². The third-order valence-electron chi connectivity index (χ3n) is 4.34. The van der Waals surface area contributed by atoms with Gasteiger partial charge in [-0.05, 0) is 43.7 Å². The maximum atomic E-state index is 14.5. The SMILES string of the molecule is CCN=C(C)c1ccc2ncc(Cc3cc4cccnc4cc3F)n2n1. The van der Waals surface area contributed by atoms with E-state index in [1.807, 2.05) is 44.2 Å². The summed E-state index contributed by atoms with van der Waals surface area (Å²) in [5, 5.41) is 5.54. The van der Waals surface area contributed by atoms with E-state index in [0.717, 1.165) is 28.1 Å². The molecule has 6 heteroatoms. The first-order valence-corrected chi connectivity index (χ1v) is 8.54. The molecule has 3 heterocycles. The molecule has 0 fully saturated rings. The molecule has 0 unspecified atom stereocenters. The molecule has 0 radical (unpaired) electrons. The maximum absolute atomic E-state index is 14.5. The highest BCUT2D eigenvalue weighted by Gasteiger charge is 2.12. The first-order valence-electron chi connectivity index (χ1n) is 8.54. The van der Waals surface area contributed by atoms with E-state index in [-0.39, 0.29) is 5.82 Å². The van der Waals surface area contributed by atoms with Crippen molar-refractivity contribution in [1.29, 1.82) is 0 Å². The molecule has 3 aromatic heterocycles. The van der Waals surface area contributed by atoms with Crippen LogP contribution in [0, 0.1) is 5.82 Å². The molecule has 0 aliphatic rings. The van der Waals surface area contributed by atoms with Gasteiger partial charge in [0, 0.05) is 30.6 Å². The average Bonchev–Trinajstić information content (AvgIpc) is 3.04. The van der Waals surface area contributed by atoms with Gasteiger partial charge in [-0.1, -0.05) is 6.07 Å². The fourth-order valence-corrected chi connectivity index (χ4v) is 3.03. The zero-order valence-electron chi connectivity index (χ0n) is 14.6. The van der Waals surface area contributed by atoms with E-state index < -0.39 is 0 Å². The number of benzene rings is 1. The molecule has 26 heavy (non-hydrogen) atoms. The molecule has 0 aliphatic carbocycles. The third-order valence-corrected chi connectivity index (χ3v) is 4.34. The van der Waals surface area contributed by atoms with Gasteiger partial charge in [-0.3, -0.25) is 9.98 Å². The Hall–Kier alpha value is -3.15. The van der Waals surface area contributed by atoms with Crippen molar-refractivity contribution in [2.24, 2.45) is 4.99 Å². The van der Waals surface area contributed by atoms with Gasteiger partial charge in [-0.15, -0.1) is 0 Å². The molecule has 0 bridgehead atoms. The van der Waals surface area contributed by atoms with Crippen molar-refractivity contribution < 1.29 is 4.39 Å². The third kappa shape index (κ3) is 2.94. The molecule has 5 nitrogen and oxygen atoms in total. The van der Waals surface area contributed by atoms with Crippen molar-refractivity contribution in [1.82, 2.24) is 19.6 Å². The summed E-state index contributed by atoms with van der Waals surface area (Å²) in [7, 11) is 0. The zero-order valence-corrected chi connectivity index (χ0v) is 14.6. The van der Waals surface area contributed by atoms with Crippen LogP contribution in [-0.4, -0.2) is 31.8 Å². The number of imidazole rings is 1. The van der Waals surface area contributed by atoms with E-state index in [2.05, 4.69) is 20.1 Å². The second-order valence-corrected chi connectivity index (χ2v) is 6.11. The number of nitrogens with zero attached hydrogens (tertiary/aromatic N) is 5. The van der Waals surface area contributed by atoms with Gasteiger partial charge in [-0.2, -0.15) is 5.10 Å². The molecular formula is C20H18FN5. The van der Waals surface area contributed by atoms with Crippen LogP contribution in [0.25, 0.3) is 16.6 Å². The minimum atomic E-state index is -0.272. The first kappa shape index (κ1) is 16.3. The van der Waals surface area contributed by atoms with Crippen LogP contribution in [0.3, 0.4) is 0 Å². The van der Waals surface area contributed by atoms with Crippen LogP contribution in [-0.2, 0) is 6.42 Å². The fraction of sp³-hybridized carbons (Fsp3) is 0.200. The molecular weight excluding hydrogens is 329 g/mol. The summed E-state index contributed by atoms with van der Waals surface area (Å²) in [5.41, 5.74) is 4.47. The molecule has 0 atom stereocenters. The Balaban J connectivity index is 1.76. The van der Waals surface area contributed by atoms with Crippen LogP contribution in [0.1, 0.15) is 30.8 Å². The van der Waals surface area contributed by atoms with Crippen LogP contribution < -0.4 is 0 Å². The molecule has 0 saturated heterocycles. The van der Waals surface area contributed by atoms with Crippen LogP contribution in [0.4, 0.5) is 4.39 Å². The average molecular weight is 347 g/mol. The van der Waals surface area contributed by atoms with E-state index in [4.69, 9.17) is 0 Å². The van der Waals surface area contributed by atoms with E-state index >= 15 is 0 Å². The van der Waals surface area contributed by atoms with Gasteiger partial charge in [0.2, 0.25) is 0 Å². The van der Waals surface area contributed by atoms with Gasteiger partial charge in [0.05, 0.1) is 23.1 Å². The normalized spacial score (nSPS) is 12.2. The lowest BCUT2D eigenvalue weighted by Crippen LogP contribution is -2.07. The number of rotatable bonds is 4. The Labute approximate surface area is 150 Å². The van der Waals surface area contributed by atoms with E-state index in [9.17, 15) is 4.39 Å². The van der Waals surface area contributed by atoms with Crippen LogP contribution in [0.2, 0.25) is 0 Å². The number of hydrogen-bond acceptors (Lipinski definition) is 4. The fourth-order valence-electron chi connectivity index (χ4n) is 3.03. The highest BCUT2D eigenvalue weighted by molar-refractivity contribution is 5.96. The highest BCUT2D eigenvalue weighted by Crippen LogP contribution is 2.20. The van der Waals surface area contributed by atoms with Crippen molar-refractivity contribution >= 4 is 22.3 Å². The molecule has 0 N–H and O–H groups in total. The molecule has 0 amide bonds. The van der Waals surface area contributed by atoms with E-state index in [1.165, 1.54) is 6.07 Å². The summed E-state index contributed by atoms with van der Waals surface area (Å²) in [5.74, 6) is -0.272. The van der Waals surface area contributed by atoms with Crippen LogP contribution >= 0.6 is 0 Å². The summed E-state index contributed by atoms with van der Waals surface area (Å²) in [6.45, 7) is 4.63. The van der Waals surface area contributed by atoms with Crippen LogP contribution in [0.5, 0.6) is 0 Å². The molecule has 4 rings (SSSR count). The molecule has 1 aromatic carbocycles. The minimum absolute atomic E-state index is 0.272. The predicted molar refractivity (Wildman–Crippen MR) is 100 cm³/mol. The van der Waals surface area contributed by atoms with Gasteiger partial charge >= 0.3 is 0 Å². The van der Waals surface area contributed by atoms with Crippen molar-refractivity contribution in [3.05, 3.63) is 71.6 Å². The first-order chi connectivity index (χ1) is 12.7. The quantitative estimate of drug-likeness (QED) is 0.527. The number of aliphatic imine (C=N–C) groups is 1. The summed E-state index contributed by atoms with van der Waals surface area (Å²) in [4.78, 5) is 13.0. The zero-order chi connectivity index (χ0) is 18.1. The Bertz CT molecular complexity index is 1130. The van der Waals surface area contributed by atoms with Crippen molar-refractivity contribution in [2.45, 2.75) is 20.3 Å². The number of fused-ring (bicyclic) bond motifs is 2.